The highest BCUT2D eigenvalue weighted by Crippen LogP contribution is 2.19. The predicted octanol–water partition coefficient (Wildman–Crippen LogP) is 4.69. The zero-order chi connectivity index (χ0) is 13.9. The first-order chi connectivity index (χ1) is 8.52. The van der Waals surface area contributed by atoms with Crippen LogP contribution in [0, 0.1) is 0 Å². The lowest BCUT2D eigenvalue weighted by Gasteiger charge is -2.25. The van der Waals surface area contributed by atoms with E-state index in [1.54, 1.807) is 7.11 Å². The lowest BCUT2D eigenvalue weighted by molar-refractivity contribution is -0.0215. The highest BCUT2D eigenvalue weighted by atomic mass is 16.5. The molecule has 0 heterocycles. The number of ether oxygens (including phenoxy) is 1. The van der Waals surface area contributed by atoms with E-state index in [4.69, 9.17) is 4.74 Å². The van der Waals surface area contributed by atoms with Gasteiger partial charge in [-0.15, -0.1) is 0 Å². The second-order valence-corrected chi connectivity index (χ2v) is 6.09. The smallest absolute Gasteiger partial charge is 0.0647 e. The van der Waals surface area contributed by atoms with Crippen molar-refractivity contribution < 1.29 is 9.84 Å². The lowest BCUT2D eigenvalue weighted by Crippen LogP contribution is -2.28. The average Bonchev–Trinajstić information content (AvgIpc) is 2.32. The molecule has 0 fully saturated rings. The van der Waals surface area contributed by atoms with Gasteiger partial charge in [-0.05, 0) is 20.3 Å². The zero-order valence-corrected chi connectivity index (χ0v) is 13.0. The van der Waals surface area contributed by atoms with Crippen molar-refractivity contribution in [3.8, 4) is 0 Å². The van der Waals surface area contributed by atoms with Gasteiger partial charge in [0.05, 0.1) is 11.7 Å². The zero-order valence-electron chi connectivity index (χ0n) is 13.0. The number of methoxy groups -OCH3 is 1. The largest absolute Gasteiger partial charge is 0.393 e. The molecule has 0 aliphatic carbocycles. The van der Waals surface area contributed by atoms with Gasteiger partial charge in [-0.2, -0.15) is 0 Å². The molecule has 0 aromatic heterocycles. The second-order valence-electron chi connectivity index (χ2n) is 6.09. The van der Waals surface area contributed by atoms with Crippen LogP contribution in [0.1, 0.15) is 85.0 Å². The van der Waals surface area contributed by atoms with E-state index >= 15 is 0 Å². The van der Waals surface area contributed by atoms with Gasteiger partial charge >= 0.3 is 0 Å². The van der Waals surface area contributed by atoms with Crippen molar-refractivity contribution >= 4 is 0 Å². The van der Waals surface area contributed by atoms with Crippen LogP contribution in [-0.2, 0) is 4.74 Å². The average molecular weight is 258 g/mol. The van der Waals surface area contributed by atoms with Gasteiger partial charge in [0.1, 0.15) is 0 Å². The summed E-state index contributed by atoms with van der Waals surface area (Å²) in [5.41, 5.74) is -0.195. The van der Waals surface area contributed by atoms with Gasteiger partial charge in [0.25, 0.3) is 0 Å². The third kappa shape index (κ3) is 11.0. The minimum Gasteiger partial charge on any atom is -0.393 e. The van der Waals surface area contributed by atoms with Crippen LogP contribution in [0.4, 0.5) is 0 Å². The summed E-state index contributed by atoms with van der Waals surface area (Å²) in [5, 5.41) is 9.91. The van der Waals surface area contributed by atoms with Crippen LogP contribution < -0.4 is 0 Å². The van der Waals surface area contributed by atoms with Crippen molar-refractivity contribution in [2.75, 3.05) is 7.11 Å². The molecule has 0 saturated carbocycles. The Morgan fingerprint density at radius 2 is 1.44 bits per heavy atom. The van der Waals surface area contributed by atoms with Crippen molar-refractivity contribution in [3.05, 3.63) is 0 Å². The Morgan fingerprint density at radius 3 is 1.94 bits per heavy atom. The Bertz CT molecular complexity index is 178. The molecular formula is C16H34O2. The molecule has 0 bridgehead atoms. The van der Waals surface area contributed by atoms with Crippen LogP contribution in [0.5, 0.6) is 0 Å². The Kier molecular flexibility index (Phi) is 10.8. The molecule has 1 N–H and O–H groups in total. The third-order valence-electron chi connectivity index (χ3n) is 3.67. The number of hydrogen-bond donors (Lipinski definition) is 1. The van der Waals surface area contributed by atoms with Gasteiger partial charge < -0.3 is 9.84 Å². The van der Waals surface area contributed by atoms with E-state index < -0.39 is 0 Å². The number of rotatable bonds is 12. The molecule has 0 aliphatic rings. The van der Waals surface area contributed by atoms with E-state index in [0.29, 0.717) is 0 Å². The second kappa shape index (κ2) is 10.8. The summed E-state index contributed by atoms with van der Waals surface area (Å²) in [6, 6.07) is 0. The standard InChI is InChI=1S/C16H34O2/c1-5-6-7-8-9-10-11-12-13-15(17)14-16(2,3)18-4/h15,17H,5-14H2,1-4H3. The first-order valence-corrected chi connectivity index (χ1v) is 7.75. The van der Waals surface area contributed by atoms with Crippen molar-refractivity contribution in [3.63, 3.8) is 0 Å². The first kappa shape index (κ1) is 17.9. The maximum absolute atomic E-state index is 9.91. The van der Waals surface area contributed by atoms with Crippen LogP contribution in [0.15, 0.2) is 0 Å². The molecule has 0 spiro atoms. The van der Waals surface area contributed by atoms with Crippen LogP contribution >= 0.6 is 0 Å². The fourth-order valence-corrected chi connectivity index (χ4v) is 2.27. The minimum absolute atomic E-state index is 0.195. The topological polar surface area (TPSA) is 29.5 Å². The Labute approximate surface area is 114 Å². The summed E-state index contributed by atoms with van der Waals surface area (Å²) >= 11 is 0. The van der Waals surface area contributed by atoms with Gasteiger partial charge in [0, 0.05) is 13.5 Å². The molecule has 0 radical (unpaired) electrons. The normalized spacial score (nSPS) is 13.8. The number of aliphatic hydroxyl groups is 1. The molecule has 2 heteroatoms. The maximum Gasteiger partial charge on any atom is 0.0647 e. The molecule has 1 atom stereocenters. The van der Waals surface area contributed by atoms with Crippen molar-refractivity contribution in [2.45, 2.75) is 96.7 Å². The van der Waals surface area contributed by atoms with Gasteiger partial charge in [-0.25, -0.2) is 0 Å². The van der Waals surface area contributed by atoms with E-state index in [0.717, 1.165) is 19.3 Å². The molecule has 0 saturated heterocycles. The summed E-state index contributed by atoms with van der Waals surface area (Å²) in [4.78, 5) is 0. The molecule has 110 valence electrons. The lowest BCUT2D eigenvalue weighted by atomic mass is 9.96. The van der Waals surface area contributed by atoms with Crippen LogP contribution in [0.25, 0.3) is 0 Å². The molecule has 1 unspecified atom stereocenters. The number of hydrogen-bond acceptors (Lipinski definition) is 2. The van der Waals surface area contributed by atoms with Gasteiger partial charge in [-0.3, -0.25) is 0 Å². The van der Waals surface area contributed by atoms with E-state index in [2.05, 4.69) is 6.92 Å². The maximum atomic E-state index is 9.91. The fraction of sp³-hybridized carbons (Fsp3) is 1.00. The van der Waals surface area contributed by atoms with E-state index in [1.165, 1.54) is 44.9 Å². The number of unbranched alkanes of at least 4 members (excludes halogenated alkanes) is 7. The first-order valence-electron chi connectivity index (χ1n) is 7.75. The molecule has 0 aromatic rings. The van der Waals surface area contributed by atoms with Crippen molar-refractivity contribution in [1.29, 1.82) is 0 Å². The highest BCUT2D eigenvalue weighted by Gasteiger charge is 2.20. The predicted molar refractivity (Wildman–Crippen MR) is 78.9 cm³/mol. The summed E-state index contributed by atoms with van der Waals surface area (Å²) in [7, 11) is 1.71. The van der Waals surface area contributed by atoms with Gasteiger partial charge in [-0.1, -0.05) is 58.3 Å². The Morgan fingerprint density at radius 1 is 0.944 bits per heavy atom. The third-order valence-corrected chi connectivity index (χ3v) is 3.67. The van der Waals surface area contributed by atoms with Crippen LogP contribution in [0.3, 0.4) is 0 Å². The highest BCUT2D eigenvalue weighted by molar-refractivity contribution is 4.72. The molecule has 0 rings (SSSR count). The summed E-state index contributed by atoms with van der Waals surface area (Å²) in [5.74, 6) is 0. The van der Waals surface area contributed by atoms with E-state index in [-0.39, 0.29) is 11.7 Å². The minimum atomic E-state index is -0.208. The van der Waals surface area contributed by atoms with Crippen LogP contribution in [-0.4, -0.2) is 23.9 Å². The summed E-state index contributed by atoms with van der Waals surface area (Å²) < 4.78 is 5.33. The van der Waals surface area contributed by atoms with Gasteiger partial charge in [0.2, 0.25) is 0 Å². The van der Waals surface area contributed by atoms with Crippen molar-refractivity contribution in [1.82, 2.24) is 0 Å². The monoisotopic (exact) mass is 258 g/mol. The molecule has 2 nitrogen and oxygen atoms in total. The molecular weight excluding hydrogens is 224 g/mol. The fourth-order valence-electron chi connectivity index (χ4n) is 2.27. The SMILES string of the molecule is CCCCCCCCCCC(O)CC(C)(C)OC. The van der Waals surface area contributed by atoms with Crippen molar-refractivity contribution in [2.24, 2.45) is 0 Å². The summed E-state index contributed by atoms with van der Waals surface area (Å²) in [6.07, 6.45) is 12.0. The van der Waals surface area contributed by atoms with E-state index in [1.807, 2.05) is 13.8 Å². The quantitative estimate of drug-likeness (QED) is 0.514. The van der Waals surface area contributed by atoms with Crippen LogP contribution in [0.2, 0.25) is 0 Å². The summed E-state index contributed by atoms with van der Waals surface area (Å²) in [6.45, 7) is 6.32. The Balaban J connectivity index is 3.33. The molecule has 18 heavy (non-hydrogen) atoms. The molecule has 0 aliphatic heterocycles. The van der Waals surface area contributed by atoms with Gasteiger partial charge in [0.15, 0.2) is 0 Å². The van der Waals surface area contributed by atoms with E-state index in [9.17, 15) is 5.11 Å². The molecule has 0 amide bonds. The Hall–Kier alpha value is -0.0800. The number of aliphatic hydroxyl groups excluding tert-OH is 1. The molecule has 0 aromatic carbocycles.